The van der Waals surface area contributed by atoms with Gasteiger partial charge in [-0.05, 0) is 64.2 Å². The summed E-state index contributed by atoms with van der Waals surface area (Å²) in [6.07, 6.45) is 53.6. The lowest BCUT2D eigenvalue weighted by atomic mass is 10.0. The highest BCUT2D eigenvalue weighted by atomic mass is 31.2. The fourth-order valence-corrected chi connectivity index (χ4v) is 7.63. The third-order valence-electron chi connectivity index (χ3n) is 10.8. The van der Waals surface area contributed by atoms with E-state index in [0.717, 1.165) is 51.4 Å². The number of hydrogen-bond donors (Lipinski definition) is 3. The van der Waals surface area contributed by atoms with Crippen LogP contribution in [0.1, 0.15) is 213 Å². The van der Waals surface area contributed by atoms with E-state index >= 15 is 0 Å². The smallest absolute Gasteiger partial charge is 0.387 e. The van der Waals surface area contributed by atoms with Gasteiger partial charge in [0.2, 0.25) is 5.91 Å². The number of carbonyl (C=O) groups excluding carboxylic acids is 1. The summed E-state index contributed by atoms with van der Waals surface area (Å²) in [7, 11) is 1.54. The number of rotatable bonds is 44. The normalized spacial score (nSPS) is 14.6. The number of aliphatic hydroxyl groups is 1. The highest BCUT2D eigenvalue weighted by Crippen LogP contribution is 2.43. The van der Waals surface area contributed by atoms with E-state index in [2.05, 4.69) is 55.6 Å². The number of phosphoric ester groups is 1. The van der Waals surface area contributed by atoms with Gasteiger partial charge in [-0.1, -0.05) is 191 Å². The van der Waals surface area contributed by atoms with Crippen molar-refractivity contribution < 1.29 is 32.9 Å². The van der Waals surface area contributed by atoms with Crippen molar-refractivity contribution >= 4 is 13.7 Å². The Hall–Kier alpha value is -1.54. The van der Waals surface area contributed by atoms with Crippen LogP contribution in [-0.4, -0.2) is 73.4 Å². The van der Waals surface area contributed by atoms with Crippen LogP contribution in [0.2, 0.25) is 0 Å². The van der Waals surface area contributed by atoms with Crippen LogP contribution in [0, 0.1) is 0 Å². The average Bonchev–Trinajstić information content (AvgIpc) is 3.19. The Labute approximate surface area is 365 Å². The Morgan fingerprint density at radius 1 is 0.576 bits per heavy atom. The minimum Gasteiger partial charge on any atom is -0.387 e. The van der Waals surface area contributed by atoms with Crippen molar-refractivity contribution in [2.75, 3.05) is 40.9 Å². The van der Waals surface area contributed by atoms with Gasteiger partial charge < -0.3 is 19.8 Å². The van der Waals surface area contributed by atoms with Crippen LogP contribution in [0.3, 0.4) is 0 Å². The molecule has 0 aromatic carbocycles. The van der Waals surface area contributed by atoms with Crippen molar-refractivity contribution in [1.82, 2.24) is 5.32 Å². The summed E-state index contributed by atoms with van der Waals surface area (Å²) in [6, 6.07) is -0.868. The molecule has 0 saturated heterocycles. The highest BCUT2D eigenvalue weighted by Gasteiger charge is 2.27. The van der Waals surface area contributed by atoms with Crippen LogP contribution < -0.4 is 5.32 Å². The molecule has 0 aromatic heterocycles. The average molecular weight is 852 g/mol. The fraction of sp³-hybridized carbons (Fsp3) is 0.820. The summed E-state index contributed by atoms with van der Waals surface area (Å²) in [5, 5.41) is 13.8. The molecule has 0 aliphatic carbocycles. The molecular weight excluding hydrogens is 756 g/mol. The highest BCUT2D eigenvalue weighted by molar-refractivity contribution is 7.47. The number of phosphoric acid groups is 1. The standard InChI is InChI=1S/C50H95N2O6P/c1-6-8-10-12-14-16-18-19-20-21-22-23-24-25-26-27-28-29-30-31-32-33-34-36-38-40-42-44-50(54)51-48(47-58-59(55,56)57-46-45-52(3,4)5)49(53)43-41-39-37-35-17-15-13-11-9-7-2/h9,11,17,25-26,35,41,43,48-49,53H,6-8,10,12-16,18-24,27-34,36-40,42,44-47H2,1-5H3,(H-,51,54,55,56)/p+1/b11-9+,26-25-,35-17+,43-41+. The molecule has 3 atom stereocenters. The second kappa shape index (κ2) is 41.8. The number of carbonyl (C=O) groups is 1. The number of nitrogens with one attached hydrogen (secondary N) is 1. The minimum absolute atomic E-state index is 0.0524. The molecule has 0 radical (unpaired) electrons. The molecule has 0 bridgehead atoms. The van der Waals surface area contributed by atoms with Gasteiger partial charge in [0.15, 0.2) is 0 Å². The van der Waals surface area contributed by atoms with Crippen molar-refractivity contribution in [3.05, 3.63) is 48.6 Å². The molecular formula is C50H96N2O6P+. The lowest BCUT2D eigenvalue weighted by Gasteiger charge is -2.25. The van der Waals surface area contributed by atoms with Crippen LogP contribution in [0.15, 0.2) is 48.6 Å². The molecule has 3 unspecified atom stereocenters. The number of hydrogen-bond acceptors (Lipinski definition) is 5. The predicted molar refractivity (Wildman–Crippen MR) is 254 cm³/mol. The van der Waals surface area contributed by atoms with Gasteiger partial charge in [-0.2, -0.15) is 0 Å². The second-order valence-electron chi connectivity index (χ2n) is 17.8. The summed E-state index contributed by atoms with van der Waals surface area (Å²) < 4.78 is 23.5. The number of likely N-dealkylation sites (N-methyl/N-ethyl adjacent to an activating group) is 1. The first-order valence-electron chi connectivity index (χ1n) is 24.5. The van der Waals surface area contributed by atoms with E-state index in [4.69, 9.17) is 9.05 Å². The van der Waals surface area contributed by atoms with Gasteiger partial charge in [0.25, 0.3) is 0 Å². The molecule has 8 nitrogen and oxygen atoms in total. The topological polar surface area (TPSA) is 105 Å². The number of unbranched alkanes of at least 4 members (excludes halogenated alkanes) is 25. The molecule has 346 valence electrons. The third kappa shape index (κ3) is 44.3. The van der Waals surface area contributed by atoms with Gasteiger partial charge in [0, 0.05) is 6.42 Å². The molecule has 0 rings (SSSR count). The quantitative estimate of drug-likeness (QED) is 0.0244. The molecule has 0 aromatic rings. The summed E-state index contributed by atoms with van der Waals surface area (Å²) in [4.78, 5) is 23.1. The Bertz CT molecular complexity index is 1100. The first kappa shape index (κ1) is 57.5. The van der Waals surface area contributed by atoms with Gasteiger partial charge in [0.05, 0.1) is 39.9 Å². The van der Waals surface area contributed by atoms with Crippen LogP contribution in [0.5, 0.6) is 0 Å². The number of quaternary nitrogens is 1. The van der Waals surface area contributed by atoms with E-state index in [1.165, 1.54) is 141 Å². The molecule has 0 spiro atoms. The Morgan fingerprint density at radius 3 is 1.44 bits per heavy atom. The lowest BCUT2D eigenvalue weighted by molar-refractivity contribution is -0.870. The maximum atomic E-state index is 12.9. The van der Waals surface area contributed by atoms with Crippen LogP contribution in [0.25, 0.3) is 0 Å². The third-order valence-corrected chi connectivity index (χ3v) is 11.7. The van der Waals surface area contributed by atoms with E-state index < -0.39 is 20.0 Å². The Kier molecular flexibility index (Phi) is 40.7. The molecule has 0 fully saturated rings. The summed E-state index contributed by atoms with van der Waals surface area (Å²) in [6.45, 7) is 4.66. The van der Waals surface area contributed by atoms with E-state index in [1.807, 2.05) is 27.2 Å². The second-order valence-corrected chi connectivity index (χ2v) is 19.2. The zero-order chi connectivity index (χ0) is 43.6. The van der Waals surface area contributed by atoms with E-state index in [0.29, 0.717) is 17.4 Å². The Morgan fingerprint density at radius 2 is 0.983 bits per heavy atom. The Balaban J connectivity index is 4.13. The van der Waals surface area contributed by atoms with E-state index in [9.17, 15) is 19.4 Å². The van der Waals surface area contributed by atoms with Crippen molar-refractivity contribution in [2.24, 2.45) is 0 Å². The first-order chi connectivity index (χ1) is 28.5. The number of aliphatic hydroxyl groups excluding tert-OH is 1. The van der Waals surface area contributed by atoms with Gasteiger partial charge in [-0.25, -0.2) is 4.57 Å². The predicted octanol–water partition coefficient (Wildman–Crippen LogP) is 14.0. The van der Waals surface area contributed by atoms with E-state index in [-0.39, 0.29) is 19.1 Å². The molecule has 0 saturated carbocycles. The molecule has 0 aliphatic heterocycles. The summed E-state index contributed by atoms with van der Waals surface area (Å²) in [5.74, 6) is -0.195. The SMILES string of the molecule is CC/C=C/CC/C=C/CC/C=C/C(O)C(COP(=O)(O)OCC[N+](C)(C)C)NC(=O)CCCCCCCCCCCCC/C=C\CCCCCCCCCCCCCC. The van der Waals surface area contributed by atoms with Crippen molar-refractivity contribution in [2.45, 2.75) is 225 Å². The molecule has 3 N–H and O–H groups in total. The number of allylic oxidation sites excluding steroid dienone is 7. The molecule has 0 heterocycles. The minimum atomic E-state index is -4.35. The van der Waals surface area contributed by atoms with Gasteiger partial charge >= 0.3 is 7.82 Å². The maximum Gasteiger partial charge on any atom is 0.472 e. The molecule has 0 aliphatic rings. The molecule has 1 amide bonds. The van der Waals surface area contributed by atoms with Crippen LogP contribution in [-0.2, 0) is 18.4 Å². The molecule has 9 heteroatoms. The van der Waals surface area contributed by atoms with Gasteiger partial charge in [-0.3, -0.25) is 13.8 Å². The number of amides is 1. The van der Waals surface area contributed by atoms with Crippen molar-refractivity contribution in [3.8, 4) is 0 Å². The van der Waals surface area contributed by atoms with Gasteiger partial charge in [-0.15, -0.1) is 0 Å². The fourth-order valence-electron chi connectivity index (χ4n) is 6.90. The zero-order valence-electron chi connectivity index (χ0n) is 39.2. The first-order valence-corrected chi connectivity index (χ1v) is 26.0. The largest absolute Gasteiger partial charge is 0.472 e. The van der Waals surface area contributed by atoms with Gasteiger partial charge in [0.1, 0.15) is 13.2 Å². The maximum absolute atomic E-state index is 12.9. The number of nitrogens with zero attached hydrogens (tertiary/aromatic N) is 1. The van der Waals surface area contributed by atoms with E-state index in [1.54, 1.807) is 6.08 Å². The lowest BCUT2D eigenvalue weighted by Crippen LogP contribution is -2.45. The van der Waals surface area contributed by atoms with Crippen molar-refractivity contribution in [3.63, 3.8) is 0 Å². The van der Waals surface area contributed by atoms with Crippen LogP contribution in [0.4, 0.5) is 0 Å². The van der Waals surface area contributed by atoms with Crippen LogP contribution >= 0.6 is 7.82 Å². The summed E-state index contributed by atoms with van der Waals surface area (Å²) in [5.41, 5.74) is 0. The molecule has 59 heavy (non-hydrogen) atoms. The monoisotopic (exact) mass is 852 g/mol. The summed E-state index contributed by atoms with van der Waals surface area (Å²) >= 11 is 0. The van der Waals surface area contributed by atoms with Crippen molar-refractivity contribution in [1.29, 1.82) is 0 Å². The zero-order valence-corrected chi connectivity index (χ0v) is 40.1.